The lowest BCUT2D eigenvalue weighted by atomic mass is 9.94. The van der Waals surface area contributed by atoms with Crippen LogP contribution in [0, 0.1) is 0 Å². The highest BCUT2D eigenvalue weighted by Gasteiger charge is 2.42. The van der Waals surface area contributed by atoms with Crippen LogP contribution in [-0.2, 0) is 9.59 Å². The number of benzene rings is 1. The lowest BCUT2D eigenvalue weighted by molar-refractivity contribution is -0.857. The van der Waals surface area contributed by atoms with Crippen LogP contribution in [0.1, 0.15) is 43.9 Å². The summed E-state index contributed by atoms with van der Waals surface area (Å²) in [5.74, 6) is -0.721. The topological polar surface area (TPSA) is 62.0 Å². The Kier molecular flexibility index (Phi) is 5.44. The van der Waals surface area contributed by atoms with Gasteiger partial charge in [-0.2, -0.15) is 0 Å². The molecule has 1 aliphatic heterocycles. The maximum atomic E-state index is 12.4. The standard InChI is InChI=1S/C19H26N2O3/c1-12(2)14-6-8-15(9-7-14)17-16(13(3)22)18(23)19(24)21(17)11-10-20(4)5/h6-9,12,17,23H,10-11H2,1-5H3/p+1/t17-/m1/s1. The monoisotopic (exact) mass is 331 g/mol. The molecule has 0 fully saturated rings. The average molecular weight is 331 g/mol. The molecule has 2 rings (SSSR count). The number of carbonyl (C=O) groups is 2. The smallest absolute Gasteiger partial charge is 0.290 e. The number of rotatable bonds is 6. The van der Waals surface area contributed by atoms with Gasteiger partial charge in [0.25, 0.3) is 5.91 Å². The first-order valence-electron chi connectivity index (χ1n) is 8.38. The van der Waals surface area contributed by atoms with Crippen molar-refractivity contribution in [1.82, 2.24) is 4.90 Å². The minimum atomic E-state index is -0.504. The van der Waals surface area contributed by atoms with Gasteiger partial charge < -0.3 is 14.9 Å². The van der Waals surface area contributed by atoms with Crippen molar-refractivity contribution in [3.63, 3.8) is 0 Å². The predicted molar refractivity (Wildman–Crippen MR) is 93.0 cm³/mol. The normalized spacial score (nSPS) is 18.2. The maximum absolute atomic E-state index is 12.4. The lowest BCUT2D eigenvalue weighted by Gasteiger charge is -2.27. The van der Waals surface area contributed by atoms with E-state index in [1.807, 2.05) is 38.4 Å². The van der Waals surface area contributed by atoms with Gasteiger partial charge in [-0.25, -0.2) is 0 Å². The van der Waals surface area contributed by atoms with Gasteiger partial charge in [0.15, 0.2) is 11.5 Å². The van der Waals surface area contributed by atoms with Crippen LogP contribution in [0.25, 0.3) is 0 Å². The lowest BCUT2D eigenvalue weighted by Crippen LogP contribution is -3.06. The molecule has 1 amide bonds. The summed E-state index contributed by atoms with van der Waals surface area (Å²) >= 11 is 0. The molecule has 1 aromatic rings. The van der Waals surface area contributed by atoms with Crippen LogP contribution in [0.5, 0.6) is 0 Å². The van der Waals surface area contributed by atoms with Gasteiger partial charge in [0.05, 0.1) is 38.8 Å². The van der Waals surface area contributed by atoms with Crippen molar-refractivity contribution in [3.8, 4) is 0 Å². The highest BCUT2D eigenvalue weighted by atomic mass is 16.3. The zero-order chi connectivity index (χ0) is 18.0. The Morgan fingerprint density at radius 3 is 2.29 bits per heavy atom. The van der Waals surface area contributed by atoms with Crippen molar-refractivity contribution in [3.05, 3.63) is 46.7 Å². The summed E-state index contributed by atoms with van der Waals surface area (Å²) in [7, 11) is 4.01. The summed E-state index contributed by atoms with van der Waals surface area (Å²) in [6.45, 7) is 6.86. The third-order valence-electron chi connectivity index (χ3n) is 4.45. The van der Waals surface area contributed by atoms with Crippen molar-refractivity contribution in [2.45, 2.75) is 32.7 Å². The molecule has 0 spiro atoms. The van der Waals surface area contributed by atoms with Crippen LogP contribution in [0.3, 0.4) is 0 Å². The molecule has 24 heavy (non-hydrogen) atoms. The van der Waals surface area contributed by atoms with Crippen molar-refractivity contribution >= 4 is 11.7 Å². The largest absolute Gasteiger partial charge is 0.503 e. The SMILES string of the molecule is CC(=O)C1=C(O)C(=O)N(CC[NH+](C)C)[C@@H]1c1ccc(C(C)C)cc1. The summed E-state index contributed by atoms with van der Waals surface area (Å²) in [6.07, 6.45) is 0. The molecule has 5 heteroatoms. The second kappa shape index (κ2) is 7.18. The van der Waals surface area contributed by atoms with E-state index < -0.39 is 17.7 Å². The van der Waals surface area contributed by atoms with Crippen molar-refractivity contribution < 1.29 is 19.6 Å². The number of nitrogens with zero attached hydrogens (tertiary/aromatic N) is 1. The van der Waals surface area contributed by atoms with Gasteiger partial charge >= 0.3 is 0 Å². The van der Waals surface area contributed by atoms with Gasteiger partial charge in [0.2, 0.25) is 0 Å². The third kappa shape index (κ3) is 3.51. The number of hydrogen-bond acceptors (Lipinski definition) is 3. The zero-order valence-corrected chi connectivity index (χ0v) is 15.1. The number of hydrogen-bond donors (Lipinski definition) is 2. The number of carbonyl (C=O) groups excluding carboxylic acids is 2. The van der Waals surface area contributed by atoms with Crippen LogP contribution < -0.4 is 4.90 Å². The molecule has 2 N–H and O–H groups in total. The number of likely N-dealkylation sites (N-methyl/N-ethyl adjacent to an activating group) is 1. The molecule has 1 aliphatic rings. The van der Waals surface area contributed by atoms with E-state index >= 15 is 0 Å². The summed E-state index contributed by atoms with van der Waals surface area (Å²) in [5, 5.41) is 10.2. The quantitative estimate of drug-likeness (QED) is 0.824. The molecular weight excluding hydrogens is 304 g/mol. The average Bonchev–Trinajstić information content (AvgIpc) is 2.77. The fourth-order valence-corrected chi connectivity index (χ4v) is 3.00. The molecule has 0 unspecified atom stereocenters. The van der Waals surface area contributed by atoms with Crippen molar-refractivity contribution in [2.24, 2.45) is 0 Å². The van der Waals surface area contributed by atoms with E-state index in [0.29, 0.717) is 12.5 Å². The number of nitrogens with one attached hydrogen (secondary N) is 1. The van der Waals surface area contributed by atoms with Gasteiger partial charge in [-0.05, 0) is 24.0 Å². The number of aliphatic hydroxyl groups excluding tert-OH is 1. The van der Waals surface area contributed by atoms with Crippen molar-refractivity contribution in [1.29, 1.82) is 0 Å². The fraction of sp³-hybridized carbons (Fsp3) is 0.474. The van der Waals surface area contributed by atoms with Gasteiger partial charge in [0, 0.05) is 0 Å². The third-order valence-corrected chi connectivity index (χ3v) is 4.45. The Morgan fingerprint density at radius 1 is 1.25 bits per heavy atom. The van der Waals surface area contributed by atoms with E-state index in [-0.39, 0.29) is 11.4 Å². The summed E-state index contributed by atoms with van der Waals surface area (Å²) in [5.41, 5.74) is 2.26. The zero-order valence-electron chi connectivity index (χ0n) is 15.1. The predicted octanol–water partition coefficient (Wildman–Crippen LogP) is 1.24. The Morgan fingerprint density at radius 2 is 1.83 bits per heavy atom. The Labute approximate surface area is 143 Å². The molecule has 0 saturated heterocycles. The van der Waals surface area contributed by atoms with Crippen LogP contribution in [0.2, 0.25) is 0 Å². The second-order valence-corrected chi connectivity index (χ2v) is 7.00. The molecule has 0 aliphatic carbocycles. The molecule has 130 valence electrons. The van der Waals surface area contributed by atoms with Gasteiger partial charge in [-0.1, -0.05) is 38.1 Å². The number of Topliss-reactive ketones (excluding diaryl/α,β-unsaturated/α-hetero) is 1. The minimum Gasteiger partial charge on any atom is -0.503 e. The Balaban J connectivity index is 2.42. The first-order valence-corrected chi connectivity index (χ1v) is 8.38. The van der Waals surface area contributed by atoms with Crippen LogP contribution in [-0.4, -0.2) is 48.9 Å². The summed E-state index contributed by atoms with van der Waals surface area (Å²) in [6, 6.07) is 7.44. The van der Waals surface area contributed by atoms with Gasteiger partial charge in [-0.15, -0.1) is 0 Å². The molecule has 0 saturated carbocycles. The summed E-state index contributed by atoms with van der Waals surface area (Å²) < 4.78 is 0. The molecule has 0 bridgehead atoms. The van der Waals surface area contributed by atoms with Crippen LogP contribution in [0.15, 0.2) is 35.6 Å². The first kappa shape index (κ1) is 18.2. The van der Waals surface area contributed by atoms with Gasteiger partial charge in [0.1, 0.15) is 0 Å². The number of quaternary nitrogens is 1. The van der Waals surface area contributed by atoms with E-state index in [2.05, 4.69) is 13.8 Å². The number of ketones is 1. The van der Waals surface area contributed by atoms with E-state index in [1.165, 1.54) is 17.4 Å². The Hall–Kier alpha value is -2.14. The van der Waals surface area contributed by atoms with Crippen LogP contribution in [0.4, 0.5) is 0 Å². The molecule has 0 radical (unpaired) electrons. The van der Waals surface area contributed by atoms with Crippen molar-refractivity contribution in [2.75, 3.05) is 27.2 Å². The molecular formula is C19H27N2O3+. The molecule has 1 atom stereocenters. The highest BCUT2D eigenvalue weighted by molar-refractivity contribution is 6.08. The number of amides is 1. The van der Waals surface area contributed by atoms with E-state index in [9.17, 15) is 14.7 Å². The van der Waals surface area contributed by atoms with Crippen LogP contribution >= 0.6 is 0 Å². The molecule has 1 heterocycles. The van der Waals surface area contributed by atoms with Gasteiger partial charge in [-0.3, -0.25) is 9.59 Å². The first-order chi connectivity index (χ1) is 11.2. The minimum absolute atomic E-state index is 0.200. The highest BCUT2D eigenvalue weighted by Crippen LogP contribution is 2.37. The van der Waals surface area contributed by atoms with E-state index in [0.717, 1.165) is 12.1 Å². The molecule has 0 aromatic heterocycles. The number of aliphatic hydroxyl groups is 1. The van der Waals surface area contributed by atoms with E-state index in [4.69, 9.17) is 0 Å². The second-order valence-electron chi connectivity index (χ2n) is 7.00. The molecule has 5 nitrogen and oxygen atoms in total. The maximum Gasteiger partial charge on any atom is 0.290 e. The Bertz CT molecular complexity index is 660. The fourth-order valence-electron chi connectivity index (χ4n) is 3.00. The van der Waals surface area contributed by atoms with E-state index in [1.54, 1.807) is 4.90 Å². The summed E-state index contributed by atoms with van der Waals surface area (Å²) in [4.78, 5) is 27.3. The molecule has 1 aromatic carbocycles.